The van der Waals surface area contributed by atoms with Crippen LogP contribution in [0.5, 0.6) is 0 Å². The van der Waals surface area contributed by atoms with Gasteiger partial charge in [0, 0.05) is 18.7 Å². The molecule has 0 spiro atoms. The van der Waals surface area contributed by atoms with E-state index in [1.54, 1.807) is 0 Å². The maximum Gasteiger partial charge on any atom is 0.0700 e. The van der Waals surface area contributed by atoms with Crippen molar-refractivity contribution >= 4 is 0 Å². The minimum absolute atomic E-state index is 0.0506. The van der Waals surface area contributed by atoms with Crippen LogP contribution in [0.4, 0.5) is 0 Å². The summed E-state index contributed by atoms with van der Waals surface area (Å²) < 4.78 is 5.52. The Morgan fingerprint density at radius 3 is 2.43 bits per heavy atom. The predicted octanol–water partition coefficient (Wildman–Crippen LogP) is 1.06. The van der Waals surface area contributed by atoms with Crippen LogP contribution in [0.2, 0.25) is 0 Å². The fourth-order valence-corrected chi connectivity index (χ4v) is 2.50. The maximum absolute atomic E-state index is 9.39. The van der Waals surface area contributed by atoms with Gasteiger partial charge in [-0.25, -0.2) is 0 Å². The number of hydrogen-bond donors (Lipinski definition) is 2. The number of ether oxygens (including phenoxy) is 1. The summed E-state index contributed by atoms with van der Waals surface area (Å²) >= 11 is 0. The summed E-state index contributed by atoms with van der Waals surface area (Å²) in [7, 11) is 0. The molecule has 2 fully saturated rings. The first-order chi connectivity index (χ1) is 6.75. The molecule has 0 aromatic carbocycles. The highest BCUT2D eigenvalue weighted by Gasteiger charge is 2.28. The molecule has 0 radical (unpaired) electrons. The SMILES string of the molecule is CC1OCCC1NC1CCC(O)CC1. The molecule has 2 unspecified atom stereocenters. The number of hydrogen-bond acceptors (Lipinski definition) is 3. The van der Waals surface area contributed by atoms with Gasteiger partial charge >= 0.3 is 0 Å². The standard InChI is InChI=1S/C11H21NO2/c1-8-11(6-7-14-8)12-9-2-4-10(13)5-3-9/h8-13H,2-7H2,1H3. The van der Waals surface area contributed by atoms with Gasteiger partial charge < -0.3 is 15.2 Å². The van der Waals surface area contributed by atoms with E-state index in [-0.39, 0.29) is 6.10 Å². The van der Waals surface area contributed by atoms with E-state index in [1.165, 1.54) is 0 Å². The van der Waals surface area contributed by atoms with Crippen LogP contribution in [0.15, 0.2) is 0 Å². The zero-order chi connectivity index (χ0) is 9.97. The molecule has 0 aromatic heterocycles. The lowest BCUT2D eigenvalue weighted by Gasteiger charge is -2.29. The van der Waals surface area contributed by atoms with E-state index in [2.05, 4.69) is 12.2 Å². The fraction of sp³-hybridized carbons (Fsp3) is 1.00. The molecule has 2 atom stereocenters. The fourth-order valence-electron chi connectivity index (χ4n) is 2.50. The van der Waals surface area contributed by atoms with Crippen LogP contribution in [-0.4, -0.2) is 36.0 Å². The Bertz CT molecular complexity index is 178. The number of aliphatic hydroxyl groups excluding tert-OH is 1. The van der Waals surface area contributed by atoms with E-state index in [9.17, 15) is 5.11 Å². The van der Waals surface area contributed by atoms with E-state index in [4.69, 9.17) is 4.74 Å². The molecule has 1 aliphatic heterocycles. The van der Waals surface area contributed by atoms with Gasteiger partial charge in [0.05, 0.1) is 12.2 Å². The van der Waals surface area contributed by atoms with Crippen LogP contribution in [0.1, 0.15) is 39.0 Å². The Morgan fingerprint density at radius 1 is 1.14 bits per heavy atom. The van der Waals surface area contributed by atoms with Crippen LogP contribution < -0.4 is 5.32 Å². The summed E-state index contributed by atoms with van der Waals surface area (Å²) in [6.45, 7) is 3.04. The highest BCUT2D eigenvalue weighted by atomic mass is 16.5. The number of aliphatic hydroxyl groups is 1. The maximum atomic E-state index is 9.39. The van der Waals surface area contributed by atoms with Gasteiger partial charge in [-0.3, -0.25) is 0 Å². The Labute approximate surface area is 85.8 Å². The van der Waals surface area contributed by atoms with Crippen molar-refractivity contribution in [3.8, 4) is 0 Å². The molecular formula is C11H21NO2. The zero-order valence-electron chi connectivity index (χ0n) is 8.91. The Kier molecular flexibility index (Phi) is 3.42. The zero-order valence-corrected chi connectivity index (χ0v) is 8.91. The first-order valence-electron chi connectivity index (χ1n) is 5.81. The average molecular weight is 199 g/mol. The first kappa shape index (κ1) is 10.4. The van der Waals surface area contributed by atoms with Crippen molar-refractivity contribution in [2.75, 3.05) is 6.61 Å². The quantitative estimate of drug-likeness (QED) is 0.698. The van der Waals surface area contributed by atoms with Gasteiger partial charge in [-0.2, -0.15) is 0 Å². The van der Waals surface area contributed by atoms with Gasteiger partial charge in [-0.1, -0.05) is 0 Å². The summed E-state index contributed by atoms with van der Waals surface area (Å²) in [5.74, 6) is 0. The summed E-state index contributed by atoms with van der Waals surface area (Å²) in [6.07, 6.45) is 5.60. The van der Waals surface area contributed by atoms with Crippen LogP contribution in [-0.2, 0) is 4.74 Å². The molecule has 3 nitrogen and oxygen atoms in total. The second kappa shape index (κ2) is 4.60. The average Bonchev–Trinajstić information content (AvgIpc) is 2.56. The molecule has 0 aromatic rings. The molecule has 14 heavy (non-hydrogen) atoms. The first-order valence-corrected chi connectivity index (χ1v) is 5.81. The van der Waals surface area contributed by atoms with E-state index >= 15 is 0 Å². The number of nitrogens with one attached hydrogen (secondary N) is 1. The summed E-state index contributed by atoms with van der Waals surface area (Å²) in [6, 6.07) is 1.14. The third-order valence-corrected chi connectivity index (χ3v) is 3.52. The molecule has 2 N–H and O–H groups in total. The molecule has 82 valence electrons. The van der Waals surface area contributed by atoms with Crippen molar-refractivity contribution < 1.29 is 9.84 Å². The lowest BCUT2D eigenvalue weighted by molar-refractivity contribution is 0.0954. The highest BCUT2D eigenvalue weighted by molar-refractivity contribution is 4.85. The monoisotopic (exact) mass is 199 g/mol. The van der Waals surface area contributed by atoms with Crippen LogP contribution in [0.3, 0.4) is 0 Å². The minimum atomic E-state index is -0.0506. The molecule has 0 amide bonds. The van der Waals surface area contributed by atoms with Crippen LogP contribution >= 0.6 is 0 Å². The third kappa shape index (κ3) is 2.47. The van der Waals surface area contributed by atoms with Gasteiger partial charge in [-0.05, 0) is 39.0 Å². The second-order valence-electron chi connectivity index (χ2n) is 4.64. The summed E-state index contributed by atoms with van der Waals surface area (Å²) in [5.41, 5.74) is 0. The van der Waals surface area contributed by atoms with Gasteiger partial charge in [0.2, 0.25) is 0 Å². The Hall–Kier alpha value is -0.120. The predicted molar refractivity (Wildman–Crippen MR) is 55.2 cm³/mol. The molecular weight excluding hydrogens is 178 g/mol. The Morgan fingerprint density at radius 2 is 1.86 bits per heavy atom. The van der Waals surface area contributed by atoms with Crippen molar-refractivity contribution in [1.29, 1.82) is 0 Å². The molecule has 1 heterocycles. The molecule has 2 rings (SSSR count). The van der Waals surface area contributed by atoms with Crippen LogP contribution in [0.25, 0.3) is 0 Å². The highest BCUT2D eigenvalue weighted by Crippen LogP contribution is 2.21. The lowest BCUT2D eigenvalue weighted by atomic mass is 9.92. The van der Waals surface area contributed by atoms with Crippen molar-refractivity contribution in [2.24, 2.45) is 0 Å². The van der Waals surface area contributed by atoms with Crippen molar-refractivity contribution in [3.63, 3.8) is 0 Å². The van der Waals surface area contributed by atoms with Crippen molar-refractivity contribution in [2.45, 2.75) is 63.3 Å². The smallest absolute Gasteiger partial charge is 0.0700 e. The van der Waals surface area contributed by atoms with Crippen LogP contribution in [0, 0.1) is 0 Å². The van der Waals surface area contributed by atoms with Crippen molar-refractivity contribution in [1.82, 2.24) is 5.32 Å². The molecule has 0 bridgehead atoms. The van der Waals surface area contributed by atoms with Gasteiger partial charge in [0.15, 0.2) is 0 Å². The Balaban J connectivity index is 1.74. The molecule has 1 saturated carbocycles. The van der Waals surface area contributed by atoms with Crippen molar-refractivity contribution in [3.05, 3.63) is 0 Å². The molecule has 2 aliphatic rings. The van der Waals surface area contributed by atoms with Gasteiger partial charge in [-0.15, -0.1) is 0 Å². The second-order valence-corrected chi connectivity index (χ2v) is 4.64. The van der Waals surface area contributed by atoms with E-state index in [1.807, 2.05) is 0 Å². The minimum Gasteiger partial charge on any atom is -0.393 e. The van der Waals surface area contributed by atoms with Gasteiger partial charge in [0.25, 0.3) is 0 Å². The lowest BCUT2D eigenvalue weighted by Crippen LogP contribution is -2.44. The van der Waals surface area contributed by atoms with E-state index < -0.39 is 0 Å². The third-order valence-electron chi connectivity index (χ3n) is 3.52. The summed E-state index contributed by atoms with van der Waals surface area (Å²) in [5, 5.41) is 13.0. The normalized spacial score (nSPS) is 44.1. The molecule has 3 heteroatoms. The summed E-state index contributed by atoms with van der Waals surface area (Å²) in [4.78, 5) is 0. The van der Waals surface area contributed by atoms with E-state index in [0.717, 1.165) is 38.7 Å². The topological polar surface area (TPSA) is 41.5 Å². The molecule has 1 aliphatic carbocycles. The molecule has 1 saturated heterocycles. The van der Waals surface area contributed by atoms with Gasteiger partial charge in [0.1, 0.15) is 0 Å². The number of rotatable bonds is 2. The van der Waals surface area contributed by atoms with E-state index in [0.29, 0.717) is 18.2 Å². The largest absolute Gasteiger partial charge is 0.393 e.